The van der Waals surface area contributed by atoms with Crippen LogP contribution in [0.1, 0.15) is 0 Å². The second-order valence-electron chi connectivity index (χ2n) is 6.74. The van der Waals surface area contributed by atoms with E-state index in [1.54, 1.807) is 6.20 Å². The van der Waals surface area contributed by atoms with Crippen LogP contribution in [0.2, 0.25) is 0 Å². The van der Waals surface area contributed by atoms with Crippen molar-refractivity contribution in [1.29, 1.82) is 0 Å². The summed E-state index contributed by atoms with van der Waals surface area (Å²) in [5.41, 5.74) is 3.52. The first-order valence-corrected chi connectivity index (χ1v) is 9.10. The van der Waals surface area contributed by atoms with Gasteiger partial charge in [0.1, 0.15) is 5.75 Å². The number of carbonyl (C=O) groups excluding carboxylic acids is 1. The molecule has 0 unspecified atom stereocenters. The monoisotopic (exact) mass is 362 g/mol. The average molecular weight is 362 g/mol. The molecule has 2 heterocycles. The number of ether oxygens (including phenoxy) is 1. The summed E-state index contributed by atoms with van der Waals surface area (Å²) < 4.78 is 5.67. The van der Waals surface area contributed by atoms with Crippen LogP contribution in [0.4, 0.5) is 0 Å². The van der Waals surface area contributed by atoms with E-state index >= 15 is 0 Å². The highest BCUT2D eigenvalue weighted by Gasteiger charge is 2.19. The van der Waals surface area contributed by atoms with Gasteiger partial charge in [0, 0.05) is 31.7 Å². The van der Waals surface area contributed by atoms with Gasteiger partial charge in [-0.1, -0.05) is 12.1 Å². The minimum atomic E-state index is 0.0348. The van der Waals surface area contributed by atoms with Gasteiger partial charge in [0.25, 0.3) is 5.91 Å². The summed E-state index contributed by atoms with van der Waals surface area (Å²) in [5.74, 6) is 0.711. The number of benzene rings is 2. The summed E-state index contributed by atoms with van der Waals surface area (Å²) in [6.45, 7) is 3.41. The molecule has 0 bridgehead atoms. The summed E-state index contributed by atoms with van der Waals surface area (Å²) >= 11 is 0. The molecule has 27 heavy (non-hydrogen) atoms. The largest absolute Gasteiger partial charge is 0.484 e. The van der Waals surface area contributed by atoms with Gasteiger partial charge in [-0.3, -0.25) is 9.78 Å². The lowest BCUT2D eigenvalue weighted by molar-refractivity contribution is -0.134. The minimum Gasteiger partial charge on any atom is -0.484 e. The molecule has 1 aromatic heterocycles. The zero-order chi connectivity index (χ0) is 18.6. The topological polar surface area (TPSA) is 58.6 Å². The lowest BCUT2D eigenvalue weighted by Gasteiger charge is -2.32. The zero-order valence-corrected chi connectivity index (χ0v) is 15.3. The van der Waals surface area contributed by atoms with Crippen molar-refractivity contribution in [3.8, 4) is 17.0 Å². The second-order valence-corrected chi connectivity index (χ2v) is 6.74. The molecule has 0 N–H and O–H groups in total. The van der Waals surface area contributed by atoms with Crippen LogP contribution in [-0.2, 0) is 4.79 Å². The van der Waals surface area contributed by atoms with Gasteiger partial charge in [0.15, 0.2) is 6.61 Å². The Bertz CT molecular complexity index is 934. The molecule has 0 atom stereocenters. The predicted octanol–water partition coefficient (Wildman–Crippen LogP) is 2.45. The normalized spacial score (nSPS) is 15.1. The van der Waals surface area contributed by atoms with E-state index in [2.05, 4.69) is 21.9 Å². The SMILES string of the molecule is CN1CCN(C(=O)COc2ccc(-c3cnc4ccccc4n3)cc2)CC1. The first kappa shape index (κ1) is 17.4. The molecular weight excluding hydrogens is 340 g/mol. The maximum absolute atomic E-state index is 12.3. The fourth-order valence-electron chi connectivity index (χ4n) is 3.11. The van der Waals surface area contributed by atoms with Crippen molar-refractivity contribution in [2.24, 2.45) is 0 Å². The third-order valence-corrected chi connectivity index (χ3v) is 4.82. The molecule has 6 heteroatoms. The van der Waals surface area contributed by atoms with Gasteiger partial charge in [0.05, 0.1) is 22.9 Å². The van der Waals surface area contributed by atoms with Crippen molar-refractivity contribution < 1.29 is 9.53 Å². The van der Waals surface area contributed by atoms with Crippen molar-refractivity contribution in [2.45, 2.75) is 0 Å². The number of rotatable bonds is 4. The first-order chi connectivity index (χ1) is 13.2. The van der Waals surface area contributed by atoms with Crippen molar-refractivity contribution in [3.05, 3.63) is 54.7 Å². The van der Waals surface area contributed by atoms with E-state index in [-0.39, 0.29) is 12.5 Å². The Kier molecular flexibility index (Phi) is 4.98. The third-order valence-electron chi connectivity index (χ3n) is 4.82. The van der Waals surface area contributed by atoms with Crippen LogP contribution in [0, 0.1) is 0 Å². The highest BCUT2D eigenvalue weighted by molar-refractivity contribution is 5.78. The molecule has 1 saturated heterocycles. The van der Waals surface area contributed by atoms with Crippen molar-refractivity contribution in [3.63, 3.8) is 0 Å². The number of nitrogens with zero attached hydrogens (tertiary/aromatic N) is 4. The van der Waals surface area contributed by atoms with Gasteiger partial charge in [-0.15, -0.1) is 0 Å². The minimum absolute atomic E-state index is 0.0348. The summed E-state index contributed by atoms with van der Waals surface area (Å²) in [6, 6.07) is 15.4. The molecule has 0 aliphatic carbocycles. The van der Waals surface area contributed by atoms with Gasteiger partial charge < -0.3 is 14.5 Å². The van der Waals surface area contributed by atoms with Crippen LogP contribution >= 0.6 is 0 Å². The van der Waals surface area contributed by atoms with E-state index in [1.165, 1.54) is 0 Å². The Morgan fingerprint density at radius 2 is 1.70 bits per heavy atom. The summed E-state index contributed by atoms with van der Waals surface area (Å²) in [5, 5.41) is 0. The van der Waals surface area contributed by atoms with Gasteiger partial charge in [-0.25, -0.2) is 4.98 Å². The smallest absolute Gasteiger partial charge is 0.260 e. The Morgan fingerprint density at radius 3 is 2.44 bits per heavy atom. The number of amides is 1. The highest BCUT2D eigenvalue weighted by atomic mass is 16.5. The molecule has 1 aliphatic rings. The summed E-state index contributed by atoms with van der Waals surface area (Å²) in [4.78, 5) is 25.4. The standard InChI is InChI=1S/C21H22N4O2/c1-24-10-12-25(13-11-24)21(26)15-27-17-8-6-16(7-9-17)20-14-22-18-4-2-3-5-19(18)23-20/h2-9,14H,10-13,15H2,1H3. The molecule has 1 fully saturated rings. The zero-order valence-electron chi connectivity index (χ0n) is 15.3. The van der Waals surface area contributed by atoms with Crippen molar-refractivity contribution in [2.75, 3.05) is 39.8 Å². The van der Waals surface area contributed by atoms with Gasteiger partial charge in [0.2, 0.25) is 0 Å². The van der Waals surface area contributed by atoms with E-state index in [4.69, 9.17) is 4.74 Å². The molecule has 1 aliphatic heterocycles. The highest BCUT2D eigenvalue weighted by Crippen LogP contribution is 2.22. The molecule has 0 spiro atoms. The fraction of sp³-hybridized carbons (Fsp3) is 0.286. The van der Waals surface area contributed by atoms with Crippen molar-refractivity contribution in [1.82, 2.24) is 19.8 Å². The molecule has 3 aromatic rings. The average Bonchev–Trinajstić information content (AvgIpc) is 2.72. The van der Waals surface area contributed by atoms with E-state index in [0.717, 1.165) is 48.5 Å². The number of para-hydroxylation sites is 2. The molecule has 0 saturated carbocycles. The Hall–Kier alpha value is -2.99. The van der Waals surface area contributed by atoms with Crippen LogP contribution in [0.5, 0.6) is 5.75 Å². The number of piperazine rings is 1. The Balaban J connectivity index is 1.39. The summed E-state index contributed by atoms with van der Waals surface area (Å²) in [7, 11) is 2.07. The molecule has 0 radical (unpaired) electrons. The predicted molar refractivity (Wildman–Crippen MR) is 105 cm³/mol. The van der Waals surface area contributed by atoms with Gasteiger partial charge in [-0.05, 0) is 43.4 Å². The van der Waals surface area contributed by atoms with Crippen molar-refractivity contribution >= 4 is 16.9 Å². The molecule has 4 rings (SSSR count). The number of carbonyl (C=O) groups is 1. The Morgan fingerprint density at radius 1 is 1.00 bits per heavy atom. The van der Waals surface area contributed by atoms with Crippen LogP contribution in [-0.4, -0.2) is 65.5 Å². The van der Waals surface area contributed by atoms with Gasteiger partial charge >= 0.3 is 0 Å². The van der Waals surface area contributed by atoms with Gasteiger partial charge in [-0.2, -0.15) is 0 Å². The fourth-order valence-corrected chi connectivity index (χ4v) is 3.11. The van der Waals surface area contributed by atoms with E-state index in [1.807, 2.05) is 53.4 Å². The van der Waals surface area contributed by atoms with Crippen LogP contribution in [0.3, 0.4) is 0 Å². The molecule has 138 valence electrons. The molecular formula is C21H22N4O2. The number of aromatic nitrogens is 2. The molecule has 2 aromatic carbocycles. The number of fused-ring (bicyclic) bond motifs is 1. The van der Waals surface area contributed by atoms with Crippen LogP contribution in [0.15, 0.2) is 54.7 Å². The number of hydrogen-bond acceptors (Lipinski definition) is 5. The number of hydrogen-bond donors (Lipinski definition) is 0. The quantitative estimate of drug-likeness (QED) is 0.714. The lowest BCUT2D eigenvalue weighted by atomic mass is 10.1. The first-order valence-electron chi connectivity index (χ1n) is 9.10. The Labute approximate surface area is 158 Å². The lowest BCUT2D eigenvalue weighted by Crippen LogP contribution is -2.48. The number of likely N-dealkylation sites (N-methyl/N-ethyl adjacent to an activating group) is 1. The maximum Gasteiger partial charge on any atom is 0.260 e. The van der Waals surface area contributed by atoms with E-state index < -0.39 is 0 Å². The van der Waals surface area contributed by atoms with E-state index in [9.17, 15) is 4.79 Å². The van der Waals surface area contributed by atoms with Crippen LogP contribution < -0.4 is 4.74 Å². The third kappa shape index (κ3) is 4.06. The maximum atomic E-state index is 12.3. The second kappa shape index (κ2) is 7.72. The van der Waals surface area contributed by atoms with E-state index in [0.29, 0.717) is 5.75 Å². The van der Waals surface area contributed by atoms with Crippen LogP contribution in [0.25, 0.3) is 22.3 Å². The molecule has 6 nitrogen and oxygen atoms in total. The molecule has 1 amide bonds. The summed E-state index contributed by atoms with van der Waals surface area (Å²) in [6.07, 6.45) is 1.77.